The Morgan fingerprint density at radius 3 is 2.93 bits per heavy atom. The van der Waals surface area contributed by atoms with Crippen molar-refractivity contribution in [3.63, 3.8) is 0 Å². The molecular formula is C12H12O3. The third-order valence-electron chi connectivity index (χ3n) is 2.36. The Balaban J connectivity index is 2.49. The number of methoxy groups -OCH3 is 1. The smallest absolute Gasteiger partial charge is 0.154 e. The van der Waals surface area contributed by atoms with Crippen molar-refractivity contribution >= 4 is 17.3 Å². The average Bonchev–Trinajstić information content (AvgIpc) is 2.63. The van der Waals surface area contributed by atoms with Gasteiger partial charge < -0.3 is 9.15 Å². The van der Waals surface area contributed by atoms with Crippen molar-refractivity contribution in [1.82, 2.24) is 0 Å². The highest BCUT2D eigenvalue weighted by molar-refractivity contribution is 5.97. The molecule has 0 saturated carbocycles. The van der Waals surface area contributed by atoms with Gasteiger partial charge in [-0.15, -0.1) is 0 Å². The predicted octanol–water partition coefficient (Wildman–Crippen LogP) is 2.43. The second kappa shape index (κ2) is 4.28. The monoisotopic (exact) mass is 204 g/mol. The van der Waals surface area contributed by atoms with Crippen LogP contribution in [0, 0.1) is 0 Å². The molecule has 15 heavy (non-hydrogen) atoms. The normalized spacial score (nSPS) is 10.7. The number of hydrogen-bond acceptors (Lipinski definition) is 3. The second-order valence-electron chi connectivity index (χ2n) is 3.30. The molecule has 0 aliphatic carbocycles. The zero-order valence-electron chi connectivity index (χ0n) is 8.53. The van der Waals surface area contributed by atoms with Gasteiger partial charge in [-0.25, -0.2) is 0 Å². The molecule has 0 radical (unpaired) electrons. The van der Waals surface area contributed by atoms with Gasteiger partial charge in [-0.2, -0.15) is 0 Å². The largest absolute Gasteiger partial charge is 0.460 e. The lowest BCUT2D eigenvalue weighted by Crippen LogP contribution is -1.95. The fourth-order valence-electron chi connectivity index (χ4n) is 1.63. The molecule has 0 aliphatic rings. The molecule has 0 saturated heterocycles. The summed E-state index contributed by atoms with van der Waals surface area (Å²) >= 11 is 0. The van der Waals surface area contributed by atoms with Gasteiger partial charge in [-0.05, 0) is 6.07 Å². The number of para-hydroxylation sites is 1. The summed E-state index contributed by atoms with van der Waals surface area (Å²) in [6, 6.07) is 7.53. The highest BCUT2D eigenvalue weighted by Gasteiger charge is 2.12. The molecule has 0 bridgehead atoms. The molecule has 0 spiro atoms. The second-order valence-corrected chi connectivity index (χ2v) is 3.30. The van der Waals surface area contributed by atoms with E-state index in [0.29, 0.717) is 24.4 Å². The third-order valence-corrected chi connectivity index (χ3v) is 2.36. The molecule has 1 heterocycles. The molecule has 0 amide bonds. The van der Waals surface area contributed by atoms with Crippen LogP contribution in [0.4, 0.5) is 0 Å². The maximum absolute atomic E-state index is 11.0. The summed E-state index contributed by atoms with van der Waals surface area (Å²) in [5, 5.41) is 0.874. The summed E-state index contributed by atoms with van der Waals surface area (Å²) in [5.41, 5.74) is 1.40. The lowest BCUT2D eigenvalue weighted by molar-refractivity contribution is 0.112. The standard InChI is InChI=1S/C12H12O3/c1-14-7-6-12-10(8-13)9-4-2-3-5-11(9)15-12/h2-5,8H,6-7H2,1H3. The van der Waals surface area contributed by atoms with E-state index in [-0.39, 0.29) is 0 Å². The molecular weight excluding hydrogens is 192 g/mol. The molecule has 2 aromatic rings. The highest BCUT2D eigenvalue weighted by Crippen LogP contribution is 2.24. The number of benzene rings is 1. The average molecular weight is 204 g/mol. The van der Waals surface area contributed by atoms with Crippen LogP contribution in [0.25, 0.3) is 11.0 Å². The van der Waals surface area contributed by atoms with Gasteiger partial charge in [-0.1, -0.05) is 18.2 Å². The quantitative estimate of drug-likeness (QED) is 0.718. The summed E-state index contributed by atoms with van der Waals surface area (Å²) < 4.78 is 10.5. The van der Waals surface area contributed by atoms with Gasteiger partial charge in [0.25, 0.3) is 0 Å². The number of aldehydes is 1. The first-order chi connectivity index (χ1) is 7.36. The van der Waals surface area contributed by atoms with E-state index in [4.69, 9.17) is 9.15 Å². The van der Waals surface area contributed by atoms with E-state index in [2.05, 4.69) is 0 Å². The summed E-state index contributed by atoms with van der Waals surface area (Å²) in [5.74, 6) is 0.702. The van der Waals surface area contributed by atoms with Crippen LogP contribution in [0.3, 0.4) is 0 Å². The van der Waals surface area contributed by atoms with Gasteiger partial charge in [0.05, 0.1) is 12.2 Å². The summed E-state index contributed by atoms with van der Waals surface area (Å²) in [6.45, 7) is 0.556. The molecule has 3 heteroatoms. The molecule has 1 aromatic carbocycles. The number of furan rings is 1. The molecule has 0 N–H and O–H groups in total. The van der Waals surface area contributed by atoms with Gasteiger partial charge in [0.1, 0.15) is 11.3 Å². The Labute approximate surface area is 87.6 Å². The van der Waals surface area contributed by atoms with E-state index in [9.17, 15) is 4.79 Å². The number of hydrogen-bond donors (Lipinski definition) is 0. The van der Waals surface area contributed by atoms with Crippen molar-refractivity contribution in [3.8, 4) is 0 Å². The van der Waals surface area contributed by atoms with Crippen molar-refractivity contribution in [2.75, 3.05) is 13.7 Å². The fraction of sp³-hybridized carbons (Fsp3) is 0.250. The van der Waals surface area contributed by atoms with Crippen molar-refractivity contribution in [1.29, 1.82) is 0 Å². The molecule has 78 valence electrons. The molecule has 0 aliphatic heterocycles. The van der Waals surface area contributed by atoms with Crippen molar-refractivity contribution in [3.05, 3.63) is 35.6 Å². The maximum atomic E-state index is 11.0. The SMILES string of the molecule is COCCc1oc2ccccc2c1C=O. The minimum Gasteiger partial charge on any atom is -0.460 e. The van der Waals surface area contributed by atoms with Crippen molar-refractivity contribution in [2.24, 2.45) is 0 Å². The van der Waals surface area contributed by atoms with Gasteiger partial charge in [-0.3, -0.25) is 4.79 Å². The topological polar surface area (TPSA) is 39.4 Å². The van der Waals surface area contributed by atoms with E-state index >= 15 is 0 Å². The van der Waals surface area contributed by atoms with Crippen LogP contribution in [0.1, 0.15) is 16.1 Å². The Morgan fingerprint density at radius 2 is 2.20 bits per heavy atom. The first-order valence-electron chi connectivity index (χ1n) is 4.81. The number of rotatable bonds is 4. The third kappa shape index (κ3) is 1.78. The number of ether oxygens (including phenoxy) is 1. The minimum atomic E-state index is 0.556. The summed E-state index contributed by atoms with van der Waals surface area (Å²) in [4.78, 5) is 11.0. The maximum Gasteiger partial charge on any atom is 0.154 e. The van der Waals surface area contributed by atoms with Crippen LogP contribution < -0.4 is 0 Å². The zero-order chi connectivity index (χ0) is 10.7. The van der Waals surface area contributed by atoms with Crippen LogP contribution >= 0.6 is 0 Å². The zero-order valence-corrected chi connectivity index (χ0v) is 8.53. The summed E-state index contributed by atoms with van der Waals surface area (Å²) in [7, 11) is 1.63. The Hall–Kier alpha value is -1.61. The van der Waals surface area contributed by atoms with E-state index in [1.54, 1.807) is 7.11 Å². The van der Waals surface area contributed by atoms with Crippen LogP contribution in [0.15, 0.2) is 28.7 Å². The van der Waals surface area contributed by atoms with E-state index in [0.717, 1.165) is 17.3 Å². The predicted molar refractivity (Wildman–Crippen MR) is 57.2 cm³/mol. The van der Waals surface area contributed by atoms with Crippen LogP contribution in [-0.2, 0) is 11.2 Å². The Morgan fingerprint density at radius 1 is 1.40 bits per heavy atom. The van der Waals surface area contributed by atoms with Crippen LogP contribution in [-0.4, -0.2) is 20.0 Å². The molecule has 0 fully saturated rings. The first kappa shape index (κ1) is 9.93. The van der Waals surface area contributed by atoms with Crippen molar-refractivity contribution in [2.45, 2.75) is 6.42 Å². The van der Waals surface area contributed by atoms with E-state index in [1.165, 1.54) is 0 Å². The summed E-state index contributed by atoms with van der Waals surface area (Å²) in [6.07, 6.45) is 1.47. The van der Waals surface area contributed by atoms with Gasteiger partial charge >= 0.3 is 0 Å². The van der Waals surface area contributed by atoms with E-state index in [1.807, 2.05) is 24.3 Å². The molecule has 0 unspecified atom stereocenters. The molecule has 1 aromatic heterocycles. The number of carbonyl (C=O) groups is 1. The fourth-order valence-corrected chi connectivity index (χ4v) is 1.63. The van der Waals surface area contributed by atoms with Crippen LogP contribution in [0.5, 0.6) is 0 Å². The lowest BCUT2D eigenvalue weighted by Gasteiger charge is -1.95. The molecule has 3 nitrogen and oxygen atoms in total. The first-order valence-corrected chi connectivity index (χ1v) is 4.81. The minimum absolute atomic E-state index is 0.556. The lowest BCUT2D eigenvalue weighted by atomic mass is 10.1. The number of carbonyl (C=O) groups excluding carboxylic acids is 1. The van der Waals surface area contributed by atoms with Crippen LogP contribution in [0.2, 0.25) is 0 Å². The van der Waals surface area contributed by atoms with Gasteiger partial charge in [0.15, 0.2) is 6.29 Å². The van der Waals surface area contributed by atoms with Crippen molar-refractivity contribution < 1.29 is 13.9 Å². The number of fused-ring (bicyclic) bond motifs is 1. The molecule has 0 atom stereocenters. The van der Waals surface area contributed by atoms with Gasteiger partial charge in [0.2, 0.25) is 0 Å². The van der Waals surface area contributed by atoms with Gasteiger partial charge in [0, 0.05) is 18.9 Å². The Kier molecular flexibility index (Phi) is 2.83. The molecule has 2 rings (SSSR count). The van der Waals surface area contributed by atoms with E-state index < -0.39 is 0 Å². The Bertz CT molecular complexity index is 471. The highest BCUT2D eigenvalue weighted by atomic mass is 16.5.